The third-order valence-electron chi connectivity index (χ3n) is 6.29. The van der Waals surface area contributed by atoms with E-state index in [1.807, 2.05) is 42.5 Å². The zero-order valence-electron chi connectivity index (χ0n) is 18.7. The van der Waals surface area contributed by atoms with Crippen LogP contribution >= 0.6 is 0 Å². The lowest BCUT2D eigenvalue weighted by molar-refractivity contribution is 0.0951. The van der Waals surface area contributed by atoms with E-state index in [0.29, 0.717) is 6.54 Å². The fraction of sp³-hybridized carbons (Fsp3) is 0.167. The molecule has 1 amide bonds. The molecular weight excluding hydrogens is 404 g/mol. The normalized spacial score (nSPS) is 12.8. The number of nitrogens with one attached hydrogen (secondary N) is 1. The summed E-state index contributed by atoms with van der Waals surface area (Å²) in [6.45, 7) is 2.45. The van der Waals surface area contributed by atoms with Gasteiger partial charge < -0.3 is 10.2 Å². The SMILES string of the molecule is O=C(NCc1ccccc1)c1ccc2c(c1)CCCN2Cc1ccc(-c2ccccc2)cc1. The Balaban J connectivity index is 1.27. The lowest BCUT2D eigenvalue weighted by Crippen LogP contribution is -2.29. The van der Waals surface area contributed by atoms with Crippen molar-refractivity contribution in [2.75, 3.05) is 11.4 Å². The van der Waals surface area contributed by atoms with Gasteiger partial charge in [-0.2, -0.15) is 0 Å². The van der Waals surface area contributed by atoms with Gasteiger partial charge in [0.1, 0.15) is 0 Å². The smallest absolute Gasteiger partial charge is 0.251 e. The van der Waals surface area contributed by atoms with Crippen molar-refractivity contribution in [3.63, 3.8) is 0 Å². The van der Waals surface area contributed by atoms with Crippen molar-refractivity contribution in [1.82, 2.24) is 5.32 Å². The van der Waals surface area contributed by atoms with Crippen molar-refractivity contribution in [1.29, 1.82) is 0 Å². The number of carbonyl (C=O) groups is 1. The van der Waals surface area contributed by atoms with E-state index >= 15 is 0 Å². The molecule has 0 bridgehead atoms. The van der Waals surface area contributed by atoms with Crippen LogP contribution in [0, 0.1) is 0 Å². The maximum Gasteiger partial charge on any atom is 0.251 e. The van der Waals surface area contributed by atoms with Crippen molar-refractivity contribution in [3.8, 4) is 11.1 Å². The third kappa shape index (κ3) is 4.98. The molecule has 0 spiro atoms. The molecule has 0 saturated carbocycles. The second-order valence-electron chi connectivity index (χ2n) is 8.60. The van der Waals surface area contributed by atoms with Gasteiger partial charge in [0, 0.05) is 30.9 Å². The van der Waals surface area contributed by atoms with E-state index < -0.39 is 0 Å². The molecule has 1 heterocycles. The zero-order chi connectivity index (χ0) is 22.5. The van der Waals surface area contributed by atoms with Crippen molar-refractivity contribution in [3.05, 3.63) is 125 Å². The molecule has 33 heavy (non-hydrogen) atoms. The number of hydrogen-bond donors (Lipinski definition) is 1. The summed E-state index contributed by atoms with van der Waals surface area (Å²) in [5.74, 6) is -0.0183. The first-order valence-corrected chi connectivity index (χ1v) is 11.6. The Morgan fingerprint density at radius 1 is 0.758 bits per heavy atom. The maximum atomic E-state index is 12.7. The van der Waals surface area contributed by atoms with Gasteiger partial charge in [0.05, 0.1) is 0 Å². The van der Waals surface area contributed by atoms with Gasteiger partial charge in [-0.1, -0.05) is 84.9 Å². The van der Waals surface area contributed by atoms with E-state index in [1.54, 1.807) is 0 Å². The van der Waals surface area contributed by atoms with Gasteiger partial charge in [0.15, 0.2) is 0 Å². The fourth-order valence-corrected chi connectivity index (χ4v) is 4.51. The summed E-state index contributed by atoms with van der Waals surface area (Å²) in [4.78, 5) is 15.1. The van der Waals surface area contributed by atoms with Crippen LogP contribution in [0.3, 0.4) is 0 Å². The standard InChI is InChI=1S/C30H28N2O/c33-30(31-21-23-8-3-1-4-9-23)28-17-18-29-27(20-28)12-7-19-32(29)22-24-13-15-26(16-14-24)25-10-5-2-6-11-25/h1-6,8-11,13-18,20H,7,12,19,21-22H2,(H,31,33). The molecule has 0 aromatic heterocycles. The van der Waals surface area contributed by atoms with Gasteiger partial charge in [-0.05, 0) is 58.9 Å². The summed E-state index contributed by atoms with van der Waals surface area (Å²) in [6.07, 6.45) is 2.11. The molecule has 5 rings (SSSR count). The van der Waals surface area contributed by atoms with Crippen molar-refractivity contribution in [2.45, 2.75) is 25.9 Å². The molecule has 164 valence electrons. The number of benzene rings is 4. The van der Waals surface area contributed by atoms with Crippen LogP contribution in [0.1, 0.15) is 33.5 Å². The predicted octanol–water partition coefficient (Wildman–Crippen LogP) is 6.24. The zero-order valence-corrected chi connectivity index (χ0v) is 18.7. The Kier molecular flexibility index (Phi) is 6.21. The molecule has 0 unspecified atom stereocenters. The molecule has 0 saturated heterocycles. The van der Waals surface area contributed by atoms with Gasteiger partial charge in [0.2, 0.25) is 0 Å². The van der Waals surface area contributed by atoms with E-state index in [0.717, 1.165) is 37.1 Å². The number of aryl methyl sites for hydroxylation is 1. The molecule has 3 nitrogen and oxygen atoms in total. The van der Waals surface area contributed by atoms with Crippen LogP contribution < -0.4 is 10.2 Å². The number of carbonyl (C=O) groups excluding carboxylic acids is 1. The minimum absolute atomic E-state index is 0.0183. The minimum atomic E-state index is -0.0183. The predicted molar refractivity (Wildman–Crippen MR) is 135 cm³/mol. The highest BCUT2D eigenvalue weighted by Crippen LogP contribution is 2.30. The summed E-state index contributed by atoms with van der Waals surface area (Å²) in [7, 11) is 0. The average molecular weight is 433 g/mol. The van der Waals surface area contributed by atoms with Gasteiger partial charge >= 0.3 is 0 Å². The Bertz CT molecular complexity index is 1220. The summed E-state index contributed by atoms with van der Waals surface area (Å²) in [5.41, 5.74) is 8.12. The topological polar surface area (TPSA) is 32.3 Å². The average Bonchev–Trinajstić information content (AvgIpc) is 2.89. The Morgan fingerprint density at radius 2 is 1.45 bits per heavy atom. The number of hydrogen-bond acceptors (Lipinski definition) is 2. The van der Waals surface area contributed by atoms with E-state index in [-0.39, 0.29) is 5.91 Å². The Hall–Kier alpha value is -3.85. The van der Waals surface area contributed by atoms with Crippen LogP contribution in [0.25, 0.3) is 11.1 Å². The quantitative estimate of drug-likeness (QED) is 0.391. The molecular formula is C30H28N2O. The number of nitrogens with zero attached hydrogens (tertiary/aromatic N) is 1. The summed E-state index contributed by atoms with van der Waals surface area (Å²) < 4.78 is 0. The molecule has 4 aromatic carbocycles. The molecule has 4 aromatic rings. The fourth-order valence-electron chi connectivity index (χ4n) is 4.51. The molecule has 1 aliphatic heterocycles. The van der Waals surface area contributed by atoms with Gasteiger partial charge in [-0.15, -0.1) is 0 Å². The van der Waals surface area contributed by atoms with Crippen LogP contribution in [0.15, 0.2) is 103 Å². The summed E-state index contributed by atoms with van der Waals surface area (Å²) in [6, 6.07) is 35.5. The first-order chi connectivity index (χ1) is 16.3. The summed E-state index contributed by atoms with van der Waals surface area (Å²) >= 11 is 0. The van der Waals surface area contributed by atoms with Crippen LogP contribution in [0.5, 0.6) is 0 Å². The Labute approximate surface area is 195 Å². The lowest BCUT2D eigenvalue weighted by Gasteiger charge is -2.31. The highest BCUT2D eigenvalue weighted by Gasteiger charge is 2.19. The van der Waals surface area contributed by atoms with Gasteiger partial charge in [-0.25, -0.2) is 0 Å². The number of fused-ring (bicyclic) bond motifs is 1. The van der Waals surface area contributed by atoms with Crippen LogP contribution in [-0.2, 0) is 19.5 Å². The molecule has 1 aliphatic rings. The van der Waals surface area contributed by atoms with Crippen molar-refractivity contribution < 1.29 is 4.79 Å². The van der Waals surface area contributed by atoms with Gasteiger partial charge in [-0.3, -0.25) is 4.79 Å². The number of amides is 1. The largest absolute Gasteiger partial charge is 0.367 e. The first kappa shape index (κ1) is 21.0. The number of anilines is 1. The minimum Gasteiger partial charge on any atom is -0.367 e. The molecule has 0 radical (unpaired) electrons. The number of rotatable bonds is 6. The maximum absolute atomic E-state index is 12.7. The molecule has 0 aliphatic carbocycles. The lowest BCUT2D eigenvalue weighted by atomic mass is 9.98. The highest BCUT2D eigenvalue weighted by molar-refractivity contribution is 5.95. The van der Waals surface area contributed by atoms with Crippen molar-refractivity contribution >= 4 is 11.6 Å². The highest BCUT2D eigenvalue weighted by atomic mass is 16.1. The second kappa shape index (κ2) is 9.74. The van der Waals surface area contributed by atoms with E-state index in [9.17, 15) is 4.79 Å². The van der Waals surface area contributed by atoms with E-state index in [2.05, 4.69) is 70.9 Å². The molecule has 0 fully saturated rings. The molecule has 3 heteroatoms. The van der Waals surface area contributed by atoms with E-state index in [4.69, 9.17) is 0 Å². The monoisotopic (exact) mass is 432 g/mol. The van der Waals surface area contributed by atoms with Crippen molar-refractivity contribution in [2.24, 2.45) is 0 Å². The van der Waals surface area contributed by atoms with E-state index in [1.165, 1.54) is 27.9 Å². The summed E-state index contributed by atoms with van der Waals surface area (Å²) in [5, 5.41) is 3.04. The second-order valence-corrected chi connectivity index (χ2v) is 8.60. The van der Waals surface area contributed by atoms with Gasteiger partial charge in [0.25, 0.3) is 5.91 Å². The first-order valence-electron chi connectivity index (χ1n) is 11.6. The van der Waals surface area contributed by atoms with Crippen LogP contribution in [0.2, 0.25) is 0 Å². The Morgan fingerprint density at radius 3 is 2.21 bits per heavy atom. The third-order valence-corrected chi connectivity index (χ3v) is 6.29. The molecule has 0 atom stereocenters. The van der Waals surface area contributed by atoms with Crippen LogP contribution in [-0.4, -0.2) is 12.5 Å². The van der Waals surface area contributed by atoms with Crippen LogP contribution in [0.4, 0.5) is 5.69 Å². The molecule has 1 N–H and O–H groups in total.